The summed E-state index contributed by atoms with van der Waals surface area (Å²) < 4.78 is 0. The molecule has 5 heteroatoms. The molecule has 1 aromatic carbocycles. The fraction of sp³-hybridized carbons (Fsp3) is 0.467. The van der Waals surface area contributed by atoms with Crippen LogP contribution in [0.5, 0.6) is 0 Å². The van der Waals surface area contributed by atoms with Gasteiger partial charge in [0.2, 0.25) is 0 Å². The van der Waals surface area contributed by atoms with Crippen molar-refractivity contribution < 1.29 is 10.2 Å². The number of halogens is 2. The van der Waals surface area contributed by atoms with E-state index in [1.54, 1.807) is 19.1 Å². The second-order valence-corrected chi connectivity index (χ2v) is 6.42. The van der Waals surface area contributed by atoms with Crippen molar-refractivity contribution in [1.29, 1.82) is 0 Å². The van der Waals surface area contributed by atoms with Crippen molar-refractivity contribution >= 4 is 23.2 Å². The molecule has 1 aliphatic rings. The third kappa shape index (κ3) is 2.55. The van der Waals surface area contributed by atoms with Gasteiger partial charge in [-0.25, -0.2) is 0 Å². The molecular formula is C15H17Cl2NO2. The monoisotopic (exact) mass is 313 g/mol. The Morgan fingerprint density at radius 1 is 1.40 bits per heavy atom. The Labute approximate surface area is 129 Å². The lowest BCUT2D eigenvalue weighted by Crippen LogP contribution is -2.62. The summed E-state index contributed by atoms with van der Waals surface area (Å²) in [5.74, 6) is 2.33. The topological polar surface area (TPSA) is 43.7 Å². The molecule has 0 unspecified atom stereocenters. The highest BCUT2D eigenvalue weighted by Crippen LogP contribution is 2.42. The van der Waals surface area contributed by atoms with Gasteiger partial charge in [-0.1, -0.05) is 35.2 Å². The van der Waals surface area contributed by atoms with Crippen LogP contribution in [0.3, 0.4) is 0 Å². The molecule has 3 nitrogen and oxygen atoms in total. The van der Waals surface area contributed by atoms with Crippen molar-refractivity contribution in [2.24, 2.45) is 0 Å². The lowest BCUT2D eigenvalue weighted by molar-refractivity contribution is -0.159. The molecule has 1 fully saturated rings. The molecule has 2 rings (SSSR count). The minimum Gasteiger partial charge on any atom is -0.385 e. The maximum absolute atomic E-state index is 10.5. The van der Waals surface area contributed by atoms with Gasteiger partial charge in [-0.05, 0) is 31.7 Å². The van der Waals surface area contributed by atoms with E-state index in [2.05, 4.69) is 5.92 Å². The van der Waals surface area contributed by atoms with E-state index >= 15 is 0 Å². The van der Waals surface area contributed by atoms with Gasteiger partial charge in [0, 0.05) is 29.1 Å². The smallest absolute Gasteiger partial charge is 0.156 e. The van der Waals surface area contributed by atoms with Gasteiger partial charge in [-0.3, -0.25) is 4.90 Å². The summed E-state index contributed by atoms with van der Waals surface area (Å²) in [6, 6.07) is 5.05. The lowest BCUT2D eigenvalue weighted by Gasteiger charge is -2.49. The molecule has 3 atom stereocenters. The third-order valence-electron chi connectivity index (χ3n) is 4.03. The van der Waals surface area contributed by atoms with Crippen molar-refractivity contribution in [3.63, 3.8) is 0 Å². The molecule has 1 aromatic rings. The zero-order valence-corrected chi connectivity index (χ0v) is 12.9. The van der Waals surface area contributed by atoms with Crippen LogP contribution in [0.15, 0.2) is 18.2 Å². The Hall–Kier alpha value is -0.760. The molecule has 108 valence electrons. The normalized spacial score (nSPS) is 34.8. The van der Waals surface area contributed by atoms with Gasteiger partial charge in [0.05, 0.1) is 0 Å². The zero-order chi connectivity index (χ0) is 15.1. The van der Waals surface area contributed by atoms with Crippen LogP contribution < -0.4 is 0 Å². The quantitative estimate of drug-likeness (QED) is 0.783. The Morgan fingerprint density at radius 3 is 2.60 bits per heavy atom. The van der Waals surface area contributed by atoms with Crippen LogP contribution in [0.2, 0.25) is 10.0 Å². The first-order chi connectivity index (χ1) is 9.20. The fourth-order valence-electron chi connectivity index (χ4n) is 2.72. The van der Waals surface area contributed by atoms with Crippen molar-refractivity contribution in [3.8, 4) is 12.3 Å². The number of terminal acetylenes is 1. The number of nitrogens with zero attached hydrogens (tertiary/aromatic N) is 1. The predicted molar refractivity (Wildman–Crippen MR) is 80.9 cm³/mol. The summed E-state index contributed by atoms with van der Waals surface area (Å²) in [4.78, 5) is 1.93. The van der Waals surface area contributed by atoms with Crippen molar-refractivity contribution in [3.05, 3.63) is 33.8 Å². The van der Waals surface area contributed by atoms with E-state index < -0.39 is 11.2 Å². The van der Waals surface area contributed by atoms with E-state index in [0.29, 0.717) is 10.0 Å². The SMILES string of the molecule is C#C[C@]1(O)C[C@@H](c2ccc(Cl)cc2Cl)N(C)C[C@]1(C)O. The summed E-state index contributed by atoms with van der Waals surface area (Å²) in [6.07, 6.45) is 5.63. The number of β-amino-alcohol motifs (C(OH)–C–C–N with tert-alkyl or cyclic N) is 1. The van der Waals surface area contributed by atoms with Gasteiger partial charge < -0.3 is 10.2 Å². The van der Waals surface area contributed by atoms with Crippen molar-refractivity contribution in [1.82, 2.24) is 4.90 Å². The second kappa shape index (κ2) is 5.22. The molecule has 0 spiro atoms. The van der Waals surface area contributed by atoms with E-state index in [-0.39, 0.29) is 19.0 Å². The maximum atomic E-state index is 10.5. The van der Waals surface area contributed by atoms with Crippen molar-refractivity contribution in [2.75, 3.05) is 13.6 Å². The van der Waals surface area contributed by atoms with Crippen LogP contribution in [-0.2, 0) is 0 Å². The van der Waals surface area contributed by atoms with Gasteiger partial charge in [0.25, 0.3) is 0 Å². The molecular weight excluding hydrogens is 297 g/mol. The van der Waals surface area contributed by atoms with Gasteiger partial charge >= 0.3 is 0 Å². The minimum atomic E-state index is -1.59. The van der Waals surface area contributed by atoms with Crippen LogP contribution in [0, 0.1) is 12.3 Å². The molecule has 0 aliphatic carbocycles. The van der Waals surface area contributed by atoms with E-state index in [9.17, 15) is 10.2 Å². The van der Waals surface area contributed by atoms with Crippen LogP contribution in [0.1, 0.15) is 24.9 Å². The summed E-state index contributed by atoms with van der Waals surface area (Å²) in [6.45, 7) is 1.79. The summed E-state index contributed by atoms with van der Waals surface area (Å²) in [7, 11) is 1.86. The molecule has 1 heterocycles. The van der Waals surface area contributed by atoms with Crippen molar-refractivity contribution in [2.45, 2.75) is 30.6 Å². The standard InChI is InChI=1S/C15H17Cl2NO2/c1-4-15(20)8-13(18(3)9-14(15,2)19)11-6-5-10(16)7-12(11)17/h1,5-7,13,19-20H,8-9H2,2-3H3/t13-,14-,15-/m0/s1. The second-order valence-electron chi connectivity index (χ2n) is 5.58. The van der Waals surface area contributed by atoms with Gasteiger partial charge in [0.1, 0.15) is 5.60 Å². The van der Waals surface area contributed by atoms with E-state index in [1.807, 2.05) is 18.0 Å². The van der Waals surface area contributed by atoms with Gasteiger partial charge in [0.15, 0.2) is 5.60 Å². The average molecular weight is 314 g/mol. The summed E-state index contributed by atoms with van der Waals surface area (Å²) in [5.41, 5.74) is -2.12. The number of hydrogen-bond acceptors (Lipinski definition) is 3. The van der Waals surface area contributed by atoms with Gasteiger partial charge in [-0.2, -0.15) is 0 Å². The Morgan fingerprint density at radius 2 is 2.05 bits per heavy atom. The number of likely N-dealkylation sites (tertiary alicyclic amines) is 1. The largest absolute Gasteiger partial charge is 0.385 e. The van der Waals surface area contributed by atoms with E-state index in [0.717, 1.165) is 5.56 Å². The first-order valence-electron chi connectivity index (χ1n) is 6.28. The number of rotatable bonds is 1. The molecule has 0 saturated carbocycles. The number of likely N-dealkylation sites (N-methyl/N-ethyl adjacent to an activating group) is 1. The molecule has 0 amide bonds. The Kier molecular flexibility index (Phi) is 4.07. The van der Waals surface area contributed by atoms with Crippen LogP contribution in [0.4, 0.5) is 0 Å². The molecule has 0 bridgehead atoms. The molecule has 2 N–H and O–H groups in total. The van der Waals surface area contributed by atoms with Crippen LogP contribution in [-0.4, -0.2) is 39.9 Å². The Balaban J connectivity index is 2.41. The van der Waals surface area contributed by atoms with E-state index in [1.165, 1.54) is 0 Å². The molecule has 0 radical (unpaired) electrons. The molecule has 1 saturated heterocycles. The number of piperidine rings is 1. The zero-order valence-electron chi connectivity index (χ0n) is 11.4. The highest BCUT2D eigenvalue weighted by Gasteiger charge is 2.51. The first kappa shape index (κ1) is 15.6. The predicted octanol–water partition coefficient (Wildman–Crippen LogP) is 2.49. The van der Waals surface area contributed by atoms with Crippen LogP contribution in [0.25, 0.3) is 0 Å². The highest BCUT2D eigenvalue weighted by atomic mass is 35.5. The lowest BCUT2D eigenvalue weighted by atomic mass is 9.74. The fourth-order valence-corrected chi connectivity index (χ4v) is 3.25. The molecule has 1 aliphatic heterocycles. The average Bonchev–Trinajstić information content (AvgIpc) is 2.34. The number of hydrogen-bond donors (Lipinski definition) is 2. The Bertz CT molecular complexity index is 567. The van der Waals surface area contributed by atoms with E-state index in [4.69, 9.17) is 29.6 Å². The number of benzene rings is 1. The minimum absolute atomic E-state index is 0.180. The van der Waals surface area contributed by atoms with Crippen LogP contribution >= 0.6 is 23.2 Å². The third-order valence-corrected chi connectivity index (χ3v) is 4.59. The summed E-state index contributed by atoms with van der Waals surface area (Å²) in [5, 5.41) is 22.0. The highest BCUT2D eigenvalue weighted by molar-refractivity contribution is 6.35. The first-order valence-corrected chi connectivity index (χ1v) is 7.03. The van der Waals surface area contributed by atoms with Gasteiger partial charge in [-0.15, -0.1) is 6.42 Å². The maximum Gasteiger partial charge on any atom is 0.156 e. The summed E-state index contributed by atoms with van der Waals surface area (Å²) >= 11 is 12.1. The number of aliphatic hydroxyl groups is 2. The molecule has 20 heavy (non-hydrogen) atoms. The molecule has 0 aromatic heterocycles.